The number of hydrogen-bond acceptors (Lipinski definition) is 3. The van der Waals surface area contributed by atoms with Crippen molar-refractivity contribution in [2.24, 2.45) is 0 Å². The molecule has 0 aromatic heterocycles. The second-order valence-electron chi connectivity index (χ2n) is 7.64. The molecule has 2 saturated carbocycles. The molecule has 2 rings (SSSR count). The molecule has 0 radical (unpaired) electrons. The molecule has 4 heteroatoms. The summed E-state index contributed by atoms with van der Waals surface area (Å²) in [6, 6.07) is 0.570. The first-order valence-electron chi connectivity index (χ1n) is 8.56. The van der Waals surface area contributed by atoms with Crippen LogP contribution in [0.5, 0.6) is 0 Å². The number of amides is 1. The number of rotatable bonds is 2. The number of carbonyl (C=O) groups excluding carboxylic acids is 1. The van der Waals surface area contributed by atoms with Crippen molar-refractivity contribution in [3.63, 3.8) is 0 Å². The van der Waals surface area contributed by atoms with Gasteiger partial charge in [0.15, 0.2) is 0 Å². The van der Waals surface area contributed by atoms with Crippen LogP contribution in [-0.2, 0) is 4.74 Å². The summed E-state index contributed by atoms with van der Waals surface area (Å²) >= 11 is 0. The Morgan fingerprint density at radius 2 is 1.48 bits per heavy atom. The molecule has 0 aromatic carbocycles. The van der Waals surface area contributed by atoms with Crippen molar-refractivity contribution in [1.82, 2.24) is 4.90 Å². The van der Waals surface area contributed by atoms with Gasteiger partial charge >= 0.3 is 6.09 Å². The summed E-state index contributed by atoms with van der Waals surface area (Å²) in [6.07, 6.45) is 8.95. The molecule has 21 heavy (non-hydrogen) atoms. The van der Waals surface area contributed by atoms with Crippen molar-refractivity contribution in [3.8, 4) is 0 Å². The lowest BCUT2D eigenvalue weighted by Crippen LogP contribution is -2.51. The molecule has 2 fully saturated rings. The Hall–Kier alpha value is -0.770. The first kappa shape index (κ1) is 16.6. The quantitative estimate of drug-likeness (QED) is 0.842. The van der Waals surface area contributed by atoms with Crippen LogP contribution in [0.4, 0.5) is 4.79 Å². The van der Waals surface area contributed by atoms with Crippen molar-refractivity contribution >= 4 is 6.09 Å². The van der Waals surface area contributed by atoms with Gasteiger partial charge in [-0.15, -0.1) is 0 Å². The number of hydrogen-bond donors (Lipinski definition) is 1. The van der Waals surface area contributed by atoms with Crippen LogP contribution in [0.2, 0.25) is 0 Å². The van der Waals surface area contributed by atoms with Gasteiger partial charge in [0, 0.05) is 12.1 Å². The van der Waals surface area contributed by atoms with Crippen LogP contribution in [-0.4, -0.2) is 39.9 Å². The maximum atomic E-state index is 12.7. The summed E-state index contributed by atoms with van der Waals surface area (Å²) in [6.45, 7) is 5.78. The van der Waals surface area contributed by atoms with Crippen LogP contribution < -0.4 is 0 Å². The zero-order valence-electron chi connectivity index (χ0n) is 13.8. The number of aliphatic hydroxyl groups is 1. The highest BCUT2D eigenvalue weighted by Gasteiger charge is 2.36. The van der Waals surface area contributed by atoms with E-state index in [0.717, 1.165) is 38.5 Å². The normalized spacial score (nSPS) is 28.2. The summed E-state index contributed by atoms with van der Waals surface area (Å²) < 4.78 is 5.66. The Labute approximate surface area is 128 Å². The molecule has 1 amide bonds. The first-order valence-corrected chi connectivity index (χ1v) is 8.56. The van der Waals surface area contributed by atoms with Gasteiger partial charge < -0.3 is 14.7 Å². The molecule has 0 bridgehead atoms. The molecular weight excluding hydrogens is 266 g/mol. The van der Waals surface area contributed by atoms with E-state index in [2.05, 4.69) is 0 Å². The van der Waals surface area contributed by atoms with Crippen molar-refractivity contribution < 1.29 is 14.6 Å². The number of nitrogens with zero attached hydrogens (tertiary/aromatic N) is 1. The van der Waals surface area contributed by atoms with E-state index < -0.39 is 5.60 Å². The monoisotopic (exact) mass is 297 g/mol. The van der Waals surface area contributed by atoms with Gasteiger partial charge in [0.25, 0.3) is 0 Å². The van der Waals surface area contributed by atoms with E-state index in [4.69, 9.17) is 4.74 Å². The average molecular weight is 297 g/mol. The molecule has 4 nitrogen and oxygen atoms in total. The Morgan fingerprint density at radius 1 is 0.952 bits per heavy atom. The highest BCUT2D eigenvalue weighted by atomic mass is 16.6. The van der Waals surface area contributed by atoms with Crippen LogP contribution >= 0.6 is 0 Å². The highest BCUT2D eigenvalue weighted by molar-refractivity contribution is 5.69. The summed E-state index contributed by atoms with van der Waals surface area (Å²) in [5, 5.41) is 9.71. The number of carbonyl (C=O) groups is 1. The predicted octanol–water partition coefficient (Wildman–Crippen LogP) is 3.86. The summed E-state index contributed by atoms with van der Waals surface area (Å²) in [5.41, 5.74) is -0.446. The average Bonchev–Trinajstić information content (AvgIpc) is 2.40. The lowest BCUT2D eigenvalue weighted by Gasteiger charge is -2.42. The van der Waals surface area contributed by atoms with Crippen molar-refractivity contribution in [2.45, 2.75) is 102 Å². The van der Waals surface area contributed by atoms with E-state index in [1.54, 1.807) is 0 Å². The fourth-order valence-electron chi connectivity index (χ4n) is 3.61. The van der Waals surface area contributed by atoms with Gasteiger partial charge in [-0.3, -0.25) is 0 Å². The van der Waals surface area contributed by atoms with Gasteiger partial charge in [-0.2, -0.15) is 0 Å². The Bertz CT molecular complexity index is 336. The minimum Gasteiger partial charge on any atom is -0.444 e. The lowest BCUT2D eigenvalue weighted by atomic mass is 9.88. The smallest absolute Gasteiger partial charge is 0.410 e. The van der Waals surface area contributed by atoms with Crippen LogP contribution in [0, 0.1) is 0 Å². The molecule has 0 heterocycles. The SMILES string of the molecule is CC(C)(C)OC(=O)N(C1CCCCC1)C1CCC(O)CC1. The fourth-order valence-corrected chi connectivity index (χ4v) is 3.61. The summed E-state index contributed by atoms with van der Waals surface area (Å²) in [7, 11) is 0. The van der Waals surface area contributed by atoms with Gasteiger partial charge in [0.2, 0.25) is 0 Å². The van der Waals surface area contributed by atoms with E-state index >= 15 is 0 Å². The standard InChI is InChI=1S/C17H31NO3/c1-17(2,3)21-16(20)18(13-7-5-4-6-8-13)14-9-11-15(19)12-10-14/h13-15,19H,4-12H2,1-3H3. The third kappa shape index (κ3) is 4.87. The molecule has 122 valence electrons. The van der Waals surface area contributed by atoms with Gasteiger partial charge in [-0.05, 0) is 59.3 Å². The summed E-state index contributed by atoms with van der Waals surface area (Å²) in [4.78, 5) is 14.7. The Kier molecular flexibility index (Phi) is 5.53. The molecular formula is C17H31NO3. The third-order valence-electron chi connectivity index (χ3n) is 4.63. The minimum absolute atomic E-state index is 0.157. The first-order chi connectivity index (χ1) is 9.87. The van der Waals surface area contributed by atoms with Crippen LogP contribution in [0.3, 0.4) is 0 Å². The predicted molar refractivity (Wildman–Crippen MR) is 83.2 cm³/mol. The molecule has 1 N–H and O–H groups in total. The maximum Gasteiger partial charge on any atom is 0.410 e. The molecule has 0 aliphatic heterocycles. The molecule has 0 aromatic rings. The molecule has 0 unspecified atom stereocenters. The van der Waals surface area contributed by atoms with Crippen LogP contribution in [0.15, 0.2) is 0 Å². The number of aliphatic hydroxyl groups excluding tert-OH is 1. The van der Waals surface area contributed by atoms with Gasteiger partial charge in [-0.25, -0.2) is 4.79 Å². The molecule has 0 saturated heterocycles. The Morgan fingerprint density at radius 3 is 2.00 bits per heavy atom. The van der Waals surface area contributed by atoms with Gasteiger partial charge in [-0.1, -0.05) is 19.3 Å². The van der Waals surface area contributed by atoms with E-state index in [9.17, 15) is 9.90 Å². The summed E-state index contributed by atoms with van der Waals surface area (Å²) in [5.74, 6) is 0. The molecule has 0 atom stereocenters. The second-order valence-corrected chi connectivity index (χ2v) is 7.64. The molecule has 2 aliphatic carbocycles. The van der Waals surface area contributed by atoms with Crippen molar-refractivity contribution in [3.05, 3.63) is 0 Å². The largest absolute Gasteiger partial charge is 0.444 e. The van der Waals surface area contributed by atoms with Crippen LogP contribution in [0.25, 0.3) is 0 Å². The van der Waals surface area contributed by atoms with Gasteiger partial charge in [0.1, 0.15) is 5.60 Å². The van der Waals surface area contributed by atoms with Crippen molar-refractivity contribution in [1.29, 1.82) is 0 Å². The Balaban J connectivity index is 2.07. The van der Waals surface area contributed by atoms with E-state index in [0.29, 0.717) is 6.04 Å². The second kappa shape index (κ2) is 6.99. The van der Waals surface area contributed by atoms with Crippen molar-refractivity contribution in [2.75, 3.05) is 0 Å². The van der Waals surface area contributed by atoms with E-state index in [1.807, 2.05) is 25.7 Å². The highest BCUT2D eigenvalue weighted by Crippen LogP contribution is 2.31. The van der Waals surface area contributed by atoms with Crippen LogP contribution in [0.1, 0.15) is 78.6 Å². The van der Waals surface area contributed by atoms with E-state index in [-0.39, 0.29) is 18.2 Å². The van der Waals surface area contributed by atoms with E-state index in [1.165, 1.54) is 19.3 Å². The molecule has 2 aliphatic rings. The van der Waals surface area contributed by atoms with Gasteiger partial charge in [0.05, 0.1) is 6.10 Å². The fraction of sp³-hybridized carbons (Fsp3) is 0.941. The third-order valence-corrected chi connectivity index (χ3v) is 4.63. The zero-order valence-corrected chi connectivity index (χ0v) is 13.8. The lowest BCUT2D eigenvalue weighted by molar-refractivity contribution is -0.0124. The maximum absolute atomic E-state index is 12.7. The minimum atomic E-state index is -0.446. The zero-order chi connectivity index (χ0) is 15.5. The molecule has 0 spiro atoms. The topological polar surface area (TPSA) is 49.8 Å². The number of ether oxygens (including phenoxy) is 1.